The second kappa shape index (κ2) is 6.70. The number of urea groups is 1. The molecule has 1 rings (SSSR count). The molecule has 0 aliphatic heterocycles. The van der Waals surface area contributed by atoms with E-state index in [1.807, 2.05) is 20.8 Å². The lowest BCUT2D eigenvalue weighted by Gasteiger charge is -2.28. The fourth-order valence-corrected chi connectivity index (χ4v) is 2.26. The summed E-state index contributed by atoms with van der Waals surface area (Å²) >= 11 is 1.57. The van der Waals surface area contributed by atoms with Crippen LogP contribution >= 0.6 is 11.3 Å². The zero-order valence-electron chi connectivity index (χ0n) is 11.1. The Morgan fingerprint density at radius 2 is 2.33 bits per heavy atom. The molecule has 0 aromatic carbocycles. The molecule has 0 spiro atoms. The lowest BCUT2D eigenvalue weighted by atomic mass is 9.95. The molecular formula is C12H21N3O2S. The minimum Gasteiger partial charge on any atom is -0.396 e. The van der Waals surface area contributed by atoms with Crippen molar-refractivity contribution in [3.8, 4) is 0 Å². The number of hydrogen-bond donors (Lipinski definition) is 3. The highest BCUT2D eigenvalue weighted by Crippen LogP contribution is 2.14. The van der Waals surface area contributed by atoms with E-state index in [9.17, 15) is 4.79 Å². The number of carbonyl (C=O) groups excluding carboxylic acids is 1. The Hall–Kier alpha value is -1.14. The van der Waals surface area contributed by atoms with Crippen LogP contribution in [0.25, 0.3) is 0 Å². The van der Waals surface area contributed by atoms with Crippen molar-refractivity contribution in [3.63, 3.8) is 0 Å². The van der Waals surface area contributed by atoms with Crippen molar-refractivity contribution < 1.29 is 9.90 Å². The van der Waals surface area contributed by atoms with Gasteiger partial charge in [-0.3, -0.25) is 0 Å². The van der Waals surface area contributed by atoms with Gasteiger partial charge in [-0.25, -0.2) is 9.78 Å². The molecule has 0 saturated heterocycles. The second-order valence-corrected chi connectivity index (χ2v) is 5.88. The van der Waals surface area contributed by atoms with E-state index < -0.39 is 0 Å². The van der Waals surface area contributed by atoms with Gasteiger partial charge in [0.25, 0.3) is 0 Å². The molecule has 1 aromatic rings. The van der Waals surface area contributed by atoms with E-state index in [0.29, 0.717) is 13.0 Å². The first kappa shape index (κ1) is 14.9. The monoisotopic (exact) mass is 271 g/mol. The number of thiazole rings is 1. The van der Waals surface area contributed by atoms with E-state index in [4.69, 9.17) is 5.11 Å². The van der Waals surface area contributed by atoms with Gasteiger partial charge < -0.3 is 15.7 Å². The van der Waals surface area contributed by atoms with Crippen LogP contribution in [-0.4, -0.2) is 28.3 Å². The first-order valence-corrected chi connectivity index (χ1v) is 6.89. The molecule has 18 heavy (non-hydrogen) atoms. The molecule has 0 aliphatic carbocycles. The maximum absolute atomic E-state index is 11.7. The number of rotatable bonds is 6. The fraction of sp³-hybridized carbons (Fsp3) is 0.667. The molecule has 6 heteroatoms. The Balaban J connectivity index is 2.41. The van der Waals surface area contributed by atoms with E-state index in [0.717, 1.165) is 16.3 Å². The maximum atomic E-state index is 11.7. The summed E-state index contributed by atoms with van der Waals surface area (Å²) < 4.78 is 0. The molecule has 0 saturated carbocycles. The minimum atomic E-state index is -0.363. The van der Waals surface area contributed by atoms with Gasteiger partial charge in [0.15, 0.2) is 0 Å². The molecule has 1 heterocycles. The second-order valence-electron chi connectivity index (χ2n) is 4.56. The summed E-state index contributed by atoms with van der Waals surface area (Å²) in [5, 5.41) is 15.5. The summed E-state index contributed by atoms with van der Waals surface area (Å²) in [6.45, 7) is 6.40. The third kappa shape index (κ3) is 4.62. The van der Waals surface area contributed by atoms with Gasteiger partial charge in [-0.15, -0.1) is 11.3 Å². The number of carbonyl (C=O) groups is 1. The molecule has 1 atom stereocenters. The van der Waals surface area contributed by atoms with Crippen LogP contribution in [0.3, 0.4) is 0 Å². The van der Waals surface area contributed by atoms with Gasteiger partial charge in [-0.2, -0.15) is 0 Å². The number of aryl methyl sites for hydroxylation is 1. The largest absolute Gasteiger partial charge is 0.396 e. The van der Waals surface area contributed by atoms with Crippen molar-refractivity contribution >= 4 is 17.4 Å². The molecule has 0 fully saturated rings. The molecule has 3 N–H and O–H groups in total. The van der Waals surface area contributed by atoms with Crippen molar-refractivity contribution in [2.24, 2.45) is 0 Å². The number of aliphatic hydroxyl groups excluding tert-OH is 1. The van der Waals surface area contributed by atoms with Crippen LogP contribution in [0.15, 0.2) is 6.20 Å². The van der Waals surface area contributed by atoms with Gasteiger partial charge in [-0.1, -0.05) is 6.92 Å². The SMILES string of the molecule is CCC(C)(CCO)NC(=O)NCc1ncc(C)s1. The Labute approximate surface area is 112 Å². The van der Waals surface area contributed by atoms with Gasteiger partial charge in [0.05, 0.1) is 6.54 Å². The Morgan fingerprint density at radius 1 is 1.61 bits per heavy atom. The minimum absolute atomic E-state index is 0.0658. The van der Waals surface area contributed by atoms with Crippen LogP contribution in [0.5, 0.6) is 0 Å². The third-order valence-corrected chi connectivity index (χ3v) is 3.84. The number of nitrogens with one attached hydrogen (secondary N) is 2. The molecule has 0 aliphatic rings. The summed E-state index contributed by atoms with van der Waals surface area (Å²) in [6.07, 6.45) is 3.12. The molecule has 102 valence electrons. The van der Waals surface area contributed by atoms with E-state index in [1.165, 1.54) is 0 Å². The zero-order valence-corrected chi connectivity index (χ0v) is 11.9. The van der Waals surface area contributed by atoms with E-state index in [2.05, 4.69) is 15.6 Å². The summed E-state index contributed by atoms with van der Waals surface area (Å²) in [5.41, 5.74) is -0.363. The van der Waals surface area contributed by atoms with Crippen molar-refractivity contribution in [1.29, 1.82) is 0 Å². The zero-order chi connectivity index (χ0) is 13.6. The molecule has 1 unspecified atom stereocenters. The van der Waals surface area contributed by atoms with Crippen LogP contribution in [0, 0.1) is 6.92 Å². The molecule has 5 nitrogen and oxygen atoms in total. The number of aliphatic hydroxyl groups is 1. The molecule has 1 aromatic heterocycles. The highest BCUT2D eigenvalue weighted by atomic mass is 32.1. The predicted molar refractivity (Wildman–Crippen MR) is 72.6 cm³/mol. The summed E-state index contributed by atoms with van der Waals surface area (Å²) in [6, 6.07) is -0.222. The molecule has 2 amide bonds. The van der Waals surface area contributed by atoms with Crippen molar-refractivity contribution in [2.75, 3.05) is 6.61 Å². The number of amides is 2. The van der Waals surface area contributed by atoms with Gasteiger partial charge in [0.2, 0.25) is 0 Å². The Bertz CT molecular complexity index is 394. The Kier molecular flexibility index (Phi) is 5.55. The highest BCUT2D eigenvalue weighted by molar-refractivity contribution is 7.11. The van der Waals surface area contributed by atoms with Crippen molar-refractivity contribution in [2.45, 2.75) is 45.7 Å². The highest BCUT2D eigenvalue weighted by Gasteiger charge is 2.23. The maximum Gasteiger partial charge on any atom is 0.315 e. The fourth-order valence-electron chi connectivity index (χ4n) is 1.53. The van der Waals surface area contributed by atoms with Crippen LogP contribution in [0.2, 0.25) is 0 Å². The van der Waals surface area contributed by atoms with E-state index >= 15 is 0 Å². The molecule has 0 bridgehead atoms. The summed E-state index contributed by atoms with van der Waals surface area (Å²) in [7, 11) is 0. The Morgan fingerprint density at radius 3 is 2.83 bits per heavy atom. The average Bonchev–Trinajstić information content (AvgIpc) is 2.73. The average molecular weight is 271 g/mol. The number of nitrogens with zero attached hydrogens (tertiary/aromatic N) is 1. The number of hydrogen-bond acceptors (Lipinski definition) is 4. The van der Waals surface area contributed by atoms with Crippen LogP contribution in [0.1, 0.15) is 36.6 Å². The third-order valence-electron chi connectivity index (χ3n) is 2.93. The number of aromatic nitrogens is 1. The molecule has 0 radical (unpaired) electrons. The van der Waals surface area contributed by atoms with Gasteiger partial charge in [0.1, 0.15) is 5.01 Å². The lowest BCUT2D eigenvalue weighted by Crippen LogP contribution is -2.50. The topological polar surface area (TPSA) is 74.2 Å². The van der Waals surface area contributed by atoms with Crippen LogP contribution in [0.4, 0.5) is 4.79 Å². The first-order chi connectivity index (χ1) is 8.49. The van der Waals surface area contributed by atoms with Crippen molar-refractivity contribution in [1.82, 2.24) is 15.6 Å². The van der Waals surface area contributed by atoms with Gasteiger partial charge in [0, 0.05) is 23.2 Å². The van der Waals surface area contributed by atoms with E-state index in [-0.39, 0.29) is 18.2 Å². The standard InChI is InChI=1S/C12H21N3O2S/c1-4-12(3,5-6-16)15-11(17)14-8-10-13-7-9(2)18-10/h7,16H,4-6,8H2,1-3H3,(H2,14,15,17). The first-order valence-electron chi connectivity index (χ1n) is 6.07. The smallest absolute Gasteiger partial charge is 0.315 e. The quantitative estimate of drug-likeness (QED) is 0.738. The van der Waals surface area contributed by atoms with Crippen LogP contribution in [-0.2, 0) is 6.54 Å². The van der Waals surface area contributed by atoms with Crippen LogP contribution < -0.4 is 10.6 Å². The summed E-state index contributed by atoms with van der Waals surface area (Å²) in [5.74, 6) is 0. The molecular weight excluding hydrogens is 250 g/mol. The van der Waals surface area contributed by atoms with Crippen molar-refractivity contribution in [3.05, 3.63) is 16.1 Å². The normalized spacial score (nSPS) is 14.0. The van der Waals surface area contributed by atoms with E-state index in [1.54, 1.807) is 17.5 Å². The van der Waals surface area contributed by atoms with Gasteiger partial charge in [-0.05, 0) is 26.7 Å². The van der Waals surface area contributed by atoms with Gasteiger partial charge >= 0.3 is 6.03 Å². The summed E-state index contributed by atoms with van der Waals surface area (Å²) in [4.78, 5) is 17.1. The predicted octanol–water partition coefficient (Wildman–Crippen LogP) is 1.80. The lowest BCUT2D eigenvalue weighted by molar-refractivity contribution is 0.200.